The molecule has 0 aliphatic carbocycles. The van der Waals surface area contributed by atoms with Crippen LogP contribution in [0, 0.1) is 5.92 Å². The average Bonchev–Trinajstić information content (AvgIpc) is 2.42. The lowest BCUT2D eigenvalue weighted by Gasteiger charge is -2.37. The van der Waals surface area contributed by atoms with Gasteiger partial charge in [0.2, 0.25) is 0 Å². The van der Waals surface area contributed by atoms with Gasteiger partial charge in [0.05, 0.1) is 0 Å². The lowest BCUT2D eigenvalue weighted by atomic mass is 9.92. The Balaban J connectivity index is 2.45. The fourth-order valence-electron chi connectivity index (χ4n) is 2.57. The summed E-state index contributed by atoms with van der Waals surface area (Å²) in [5.74, 6) is -0.303. The molecule has 1 heterocycles. The van der Waals surface area contributed by atoms with Gasteiger partial charge in [0.15, 0.2) is 0 Å². The van der Waals surface area contributed by atoms with E-state index < -0.39 is 5.97 Å². The fourth-order valence-corrected chi connectivity index (χ4v) is 2.57. The van der Waals surface area contributed by atoms with Gasteiger partial charge in [0.1, 0.15) is 0 Å². The van der Waals surface area contributed by atoms with Crippen LogP contribution in [-0.2, 0) is 4.79 Å². The Morgan fingerprint density at radius 3 is 2.45 bits per heavy atom. The summed E-state index contributed by atoms with van der Waals surface area (Å²) in [5.41, 5.74) is 0. The normalized spacial score (nSPS) is 16.2. The lowest BCUT2D eigenvalue weighted by Crippen LogP contribution is -2.49. The number of rotatable bonds is 6. The Hall–Kier alpha value is -1.52. The monoisotopic (exact) mass is 282 g/mol. The number of urea groups is 1. The Kier molecular flexibility index (Phi) is 6.55. The summed E-state index contributed by atoms with van der Waals surface area (Å²) in [6, 6.07) is 0.224. The molecule has 0 bridgehead atoms. The second-order valence-electron chi connectivity index (χ2n) is 5.68. The lowest BCUT2D eigenvalue weighted by molar-refractivity contribution is -0.137. The molecular weight excluding hydrogens is 256 g/mol. The zero-order valence-electron chi connectivity index (χ0n) is 12.5. The number of nitrogens with zero attached hydrogens (tertiary/aromatic N) is 2. The van der Waals surface area contributed by atoms with Gasteiger partial charge in [-0.25, -0.2) is 4.79 Å². The predicted octanol–water partition coefficient (Wildman–Crippen LogP) is 2.58. The molecule has 0 saturated carbocycles. The number of hydrogen-bond donors (Lipinski definition) is 1. The highest BCUT2D eigenvalue weighted by Crippen LogP contribution is 2.23. The maximum atomic E-state index is 12.4. The number of carbonyl (C=O) groups excluding carboxylic acids is 1. The minimum atomic E-state index is -0.736. The first kappa shape index (κ1) is 16.5. The molecule has 0 aromatic rings. The number of aliphatic carboxylic acids is 1. The molecule has 0 atom stereocenters. The summed E-state index contributed by atoms with van der Waals surface area (Å²) >= 11 is 0. The largest absolute Gasteiger partial charge is 0.481 e. The molecule has 0 unspecified atom stereocenters. The predicted molar refractivity (Wildman–Crippen MR) is 78.6 cm³/mol. The van der Waals surface area contributed by atoms with Crippen molar-refractivity contribution in [2.24, 2.45) is 5.92 Å². The molecule has 0 radical (unpaired) electrons. The Labute approximate surface area is 121 Å². The number of carboxylic acids is 1. The van der Waals surface area contributed by atoms with Crippen molar-refractivity contribution in [2.75, 3.05) is 19.6 Å². The Morgan fingerprint density at radius 2 is 2.00 bits per heavy atom. The molecule has 20 heavy (non-hydrogen) atoms. The third-order valence-electron chi connectivity index (χ3n) is 3.85. The molecule has 0 aromatic heterocycles. The summed E-state index contributed by atoms with van der Waals surface area (Å²) in [7, 11) is 0. The van der Waals surface area contributed by atoms with Crippen LogP contribution in [0.1, 0.15) is 39.5 Å². The van der Waals surface area contributed by atoms with Gasteiger partial charge >= 0.3 is 12.0 Å². The van der Waals surface area contributed by atoms with E-state index in [2.05, 4.69) is 6.58 Å². The second-order valence-corrected chi connectivity index (χ2v) is 5.68. The van der Waals surface area contributed by atoms with E-state index in [-0.39, 0.29) is 18.5 Å². The van der Waals surface area contributed by atoms with Crippen molar-refractivity contribution in [3.05, 3.63) is 12.7 Å². The fraction of sp³-hybridized carbons (Fsp3) is 0.733. The average molecular weight is 282 g/mol. The van der Waals surface area contributed by atoms with Gasteiger partial charge in [0.25, 0.3) is 0 Å². The van der Waals surface area contributed by atoms with Crippen LogP contribution in [0.5, 0.6) is 0 Å². The summed E-state index contributed by atoms with van der Waals surface area (Å²) < 4.78 is 0. The molecule has 1 saturated heterocycles. The Bertz CT molecular complexity index is 347. The zero-order valence-corrected chi connectivity index (χ0v) is 12.5. The highest BCUT2D eigenvalue weighted by Gasteiger charge is 2.27. The molecule has 1 rings (SSSR count). The third kappa shape index (κ3) is 4.87. The van der Waals surface area contributed by atoms with E-state index in [1.54, 1.807) is 6.08 Å². The number of hydrogen-bond acceptors (Lipinski definition) is 2. The standard InChI is InChI=1S/C15H26N2O3/c1-4-9-17(12(2)3)15(20)16-10-7-13(8-11-16)5-6-14(18)19/h4,12-13H,1,5-11H2,2-3H3,(H,18,19). The molecule has 1 aliphatic rings. The van der Waals surface area contributed by atoms with Gasteiger partial charge in [-0.2, -0.15) is 0 Å². The highest BCUT2D eigenvalue weighted by molar-refractivity contribution is 5.75. The molecule has 1 N–H and O–H groups in total. The molecule has 114 valence electrons. The van der Waals surface area contributed by atoms with Gasteiger partial charge in [0, 0.05) is 32.1 Å². The summed E-state index contributed by atoms with van der Waals surface area (Å²) in [5, 5.41) is 8.70. The van der Waals surface area contributed by atoms with Crippen LogP contribution >= 0.6 is 0 Å². The van der Waals surface area contributed by atoms with E-state index in [1.165, 1.54) is 0 Å². The van der Waals surface area contributed by atoms with E-state index in [0.29, 0.717) is 12.5 Å². The molecule has 5 nitrogen and oxygen atoms in total. The topological polar surface area (TPSA) is 60.9 Å². The van der Waals surface area contributed by atoms with Crippen LogP contribution < -0.4 is 0 Å². The molecule has 2 amide bonds. The minimum Gasteiger partial charge on any atom is -0.481 e. The molecule has 0 spiro atoms. The van der Waals surface area contributed by atoms with Crippen molar-refractivity contribution < 1.29 is 14.7 Å². The van der Waals surface area contributed by atoms with E-state index in [4.69, 9.17) is 5.11 Å². The van der Waals surface area contributed by atoms with Crippen LogP contribution in [-0.4, -0.2) is 52.6 Å². The number of amides is 2. The zero-order chi connectivity index (χ0) is 15.1. The van der Waals surface area contributed by atoms with E-state index >= 15 is 0 Å². The molecule has 0 aromatic carbocycles. The number of likely N-dealkylation sites (tertiary alicyclic amines) is 1. The van der Waals surface area contributed by atoms with Crippen molar-refractivity contribution >= 4 is 12.0 Å². The molecule has 5 heteroatoms. The molecule has 1 aliphatic heterocycles. The smallest absolute Gasteiger partial charge is 0.320 e. The maximum Gasteiger partial charge on any atom is 0.320 e. The maximum absolute atomic E-state index is 12.4. The van der Waals surface area contributed by atoms with Gasteiger partial charge in [-0.3, -0.25) is 4.79 Å². The highest BCUT2D eigenvalue weighted by atomic mass is 16.4. The SMILES string of the molecule is C=CCN(C(=O)N1CCC(CCC(=O)O)CC1)C(C)C. The third-order valence-corrected chi connectivity index (χ3v) is 3.85. The van der Waals surface area contributed by atoms with Crippen molar-refractivity contribution in [1.29, 1.82) is 0 Å². The minimum absolute atomic E-state index is 0.0663. The summed E-state index contributed by atoms with van der Waals surface area (Å²) in [6.07, 6.45) is 4.50. The number of piperidine rings is 1. The van der Waals surface area contributed by atoms with Gasteiger partial charge in [-0.05, 0) is 39.0 Å². The Morgan fingerprint density at radius 1 is 1.40 bits per heavy atom. The molecule has 1 fully saturated rings. The summed E-state index contributed by atoms with van der Waals surface area (Å²) in [4.78, 5) is 26.7. The van der Waals surface area contributed by atoms with Gasteiger partial charge < -0.3 is 14.9 Å². The quantitative estimate of drug-likeness (QED) is 0.762. The van der Waals surface area contributed by atoms with E-state index in [1.807, 2.05) is 23.6 Å². The van der Waals surface area contributed by atoms with Crippen molar-refractivity contribution in [3.8, 4) is 0 Å². The first-order valence-corrected chi connectivity index (χ1v) is 7.34. The van der Waals surface area contributed by atoms with Gasteiger partial charge in [-0.1, -0.05) is 6.08 Å². The summed E-state index contributed by atoms with van der Waals surface area (Å²) in [6.45, 7) is 9.71. The number of carbonyl (C=O) groups is 2. The van der Waals surface area contributed by atoms with Crippen LogP contribution in [0.25, 0.3) is 0 Å². The van der Waals surface area contributed by atoms with Crippen LogP contribution in [0.3, 0.4) is 0 Å². The van der Waals surface area contributed by atoms with E-state index in [0.717, 1.165) is 32.4 Å². The van der Waals surface area contributed by atoms with E-state index in [9.17, 15) is 9.59 Å². The first-order chi connectivity index (χ1) is 9.45. The van der Waals surface area contributed by atoms with Crippen molar-refractivity contribution in [2.45, 2.75) is 45.6 Å². The number of carboxylic acid groups (broad SMARTS) is 1. The van der Waals surface area contributed by atoms with Gasteiger partial charge in [-0.15, -0.1) is 6.58 Å². The molecular formula is C15H26N2O3. The van der Waals surface area contributed by atoms with Crippen LogP contribution in [0.4, 0.5) is 4.79 Å². The second kappa shape index (κ2) is 7.92. The first-order valence-electron chi connectivity index (χ1n) is 7.34. The van der Waals surface area contributed by atoms with Crippen molar-refractivity contribution in [1.82, 2.24) is 9.80 Å². The van der Waals surface area contributed by atoms with Crippen LogP contribution in [0.15, 0.2) is 12.7 Å². The van der Waals surface area contributed by atoms with Crippen LogP contribution in [0.2, 0.25) is 0 Å². The van der Waals surface area contributed by atoms with Crippen molar-refractivity contribution in [3.63, 3.8) is 0 Å².